The number of piperazine rings is 1. The van der Waals surface area contributed by atoms with Crippen LogP contribution < -0.4 is 10.2 Å². The highest BCUT2D eigenvalue weighted by atomic mass is 35.5. The first kappa shape index (κ1) is 18.7. The molecule has 0 aliphatic carbocycles. The number of anilines is 1. The summed E-state index contributed by atoms with van der Waals surface area (Å²) < 4.78 is 0. The van der Waals surface area contributed by atoms with Crippen LogP contribution in [-0.4, -0.2) is 54.4 Å². The third-order valence-corrected chi connectivity index (χ3v) is 5.67. The number of pyridine rings is 1. The number of carbonyl (C=O) groups excluding carboxylic acids is 2. The van der Waals surface area contributed by atoms with Crippen LogP contribution in [0.15, 0.2) is 42.5 Å². The van der Waals surface area contributed by atoms with Crippen molar-refractivity contribution in [2.45, 2.75) is 13.3 Å². The molecule has 1 aromatic heterocycles. The smallest absolute Gasteiger partial charge is 0.239 e. The molecule has 146 valence electrons. The summed E-state index contributed by atoms with van der Waals surface area (Å²) in [5.41, 5.74) is 1.46. The molecule has 7 heteroatoms. The van der Waals surface area contributed by atoms with Crippen molar-refractivity contribution in [2.75, 3.05) is 37.6 Å². The van der Waals surface area contributed by atoms with Gasteiger partial charge in [-0.2, -0.15) is 0 Å². The van der Waals surface area contributed by atoms with Gasteiger partial charge in [0.2, 0.25) is 11.8 Å². The minimum absolute atomic E-state index is 0.0428. The molecule has 0 atom stereocenters. The first-order valence-corrected chi connectivity index (χ1v) is 9.82. The Kier molecular flexibility index (Phi) is 4.98. The van der Waals surface area contributed by atoms with Crippen molar-refractivity contribution in [3.05, 3.63) is 58.7 Å². The quantitative estimate of drug-likeness (QED) is 0.856. The maximum absolute atomic E-state index is 13.4. The zero-order chi connectivity index (χ0) is 19.7. The lowest BCUT2D eigenvalue weighted by atomic mass is 9.73. The number of hydrogen-bond acceptors (Lipinski definition) is 4. The molecule has 2 aromatic rings. The first-order valence-electron chi connectivity index (χ1n) is 9.44. The Bertz CT molecular complexity index is 894. The molecule has 0 unspecified atom stereocenters. The van der Waals surface area contributed by atoms with Crippen molar-refractivity contribution < 1.29 is 9.59 Å². The second kappa shape index (κ2) is 7.43. The summed E-state index contributed by atoms with van der Waals surface area (Å²) in [5.74, 6) is 0.829. The van der Waals surface area contributed by atoms with Gasteiger partial charge in [-0.25, -0.2) is 4.98 Å². The topological polar surface area (TPSA) is 65.5 Å². The summed E-state index contributed by atoms with van der Waals surface area (Å²) in [4.78, 5) is 33.6. The summed E-state index contributed by atoms with van der Waals surface area (Å²) in [6.45, 7) is 4.32. The highest BCUT2D eigenvalue weighted by Crippen LogP contribution is 2.39. The van der Waals surface area contributed by atoms with Gasteiger partial charge in [-0.1, -0.05) is 29.8 Å². The summed E-state index contributed by atoms with van der Waals surface area (Å²) in [5, 5.41) is 3.46. The number of aromatic nitrogens is 1. The van der Waals surface area contributed by atoms with Gasteiger partial charge >= 0.3 is 0 Å². The van der Waals surface area contributed by atoms with Crippen molar-refractivity contribution >= 4 is 29.2 Å². The van der Waals surface area contributed by atoms with Gasteiger partial charge in [-0.3, -0.25) is 9.59 Å². The van der Waals surface area contributed by atoms with Gasteiger partial charge in [0.25, 0.3) is 0 Å². The number of rotatable bonds is 4. The molecule has 4 rings (SSSR count). The minimum Gasteiger partial charge on any atom is -0.354 e. The van der Waals surface area contributed by atoms with Gasteiger partial charge in [0, 0.05) is 36.9 Å². The molecule has 2 saturated heterocycles. The van der Waals surface area contributed by atoms with E-state index in [-0.39, 0.29) is 18.4 Å². The molecular weight excluding hydrogens is 376 g/mol. The van der Waals surface area contributed by atoms with E-state index < -0.39 is 5.41 Å². The van der Waals surface area contributed by atoms with Gasteiger partial charge in [-0.05, 0) is 43.2 Å². The van der Waals surface area contributed by atoms with E-state index >= 15 is 0 Å². The van der Waals surface area contributed by atoms with Crippen LogP contribution in [0.3, 0.4) is 0 Å². The number of amides is 2. The van der Waals surface area contributed by atoms with Gasteiger partial charge in [0.1, 0.15) is 5.82 Å². The Morgan fingerprint density at radius 3 is 2.64 bits per heavy atom. The van der Waals surface area contributed by atoms with Crippen molar-refractivity contribution in [2.24, 2.45) is 5.41 Å². The summed E-state index contributed by atoms with van der Waals surface area (Å²) >= 11 is 6.01. The maximum Gasteiger partial charge on any atom is 0.239 e. The maximum atomic E-state index is 13.4. The summed E-state index contributed by atoms with van der Waals surface area (Å²) in [6, 6.07) is 13.5. The third kappa shape index (κ3) is 3.69. The van der Waals surface area contributed by atoms with Crippen molar-refractivity contribution in [3.63, 3.8) is 0 Å². The fourth-order valence-electron chi connectivity index (χ4n) is 4.01. The molecule has 0 bridgehead atoms. The van der Waals surface area contributed by atoms with E-state index in [4.69, 9.17) is 11.6 Å². The number of hydrogen-bond donors (Lipinski definition) is 1. The SMILES string of the molecule is Cc1cccc(N2CC(Cc3ccc(Cl)cc3)(C(=O)N3CCNC(=O)C3)C2)n1. The van der Waals surface area contributed by atoms with E-state index in [1.165, 1.54) is 0 Å². The van der Waals surface area contributed by atoms with Crippen molar-refractivity contribution in [3.8, 4) is 0 Å². The molecule has 0 radical (unpaired) electrons. The van der Waals surface area contributed by atoms with Crippen LogP contribution in [0.2, 0.25) is 5.02 Å². The molecule has 2 aliphatic rings. The van der Waals surface area contributed by atoms with Crippen LogP contribution >= 0.6 is 11.6 Å². The molecular formula is C21H23ClN4O2. The van der Waals surface area contributed by atoms with Crippen LogP contribution in [0.1, 0.15) is 11.3 Å². The second-order valence-corrected chi connectivity index (χ2v) is 8.09. The van der Waals surface area contributed by atoms with Crippen molar-refractivity contribution in [1.29, 1.82) is 0 Å². The standard InChI is InChI=1S/C21H23ClN4O2/c1-15-3-2-4-18(24-15)26-13-21(14-26,11-16-5-7-17(22)8-6-16)20(28)25-10-9-23-19(27)12-25/h2-8H,9-14H2,1H3,(H,23,27). The van der Waals surface area contributed by atoms with Crippen LogP contribution in [0.25, 0.3) is 0 Å². The van der Waals surface area contributed by atoms with E-state index in [0.717, 1.165) is 17.1 Å². The Balaban J connectivity index is 1.57. The highest BCUT2D eigenvalue weighted by molar-refractivity contribution is 6.30. The number of carbonyl (C=O) groups is 2. The summed E-state index contributed by atoms with van der Waals surface area (Å²) in [7, 11) is 0. The third-order valence-electron chi connectivity index (χ3n) is 5.42. The van der Waals surface area contributed by atoms with Gasteiger partial charge in [-0.15, -0.1) is 0 Å². The van der Waals surface area contributed by atoms with E-state index in [1.54, 1.807) is 4.90 Å². The molecule has 1 N–H and O–H groups in total. The largest absolute Gasteiger partial charge is 0.354 e. The fourth-order valence-corrected chi connectivity index (χ4v) is 4.14. The number of nitrogens with one attached hydrogen (secondary N) is 1. The van der Waals surface area contributed by atoms with E-state index in [2.05, 4.69) is 15.2 Å². The Labute approximate surface area is 169 Å². The average molecular weight is 399 g/mol. The number of benzene rings is 1. The molecule has 2 amide bonds. The van der Waals surface area contributed by atoms with E-state index in [0.29, 0.717) is 37.6 Å². The first-order chi connectivity index (χ1) is 13.4. The van der Waals surface area contributed by atoms with Gasteiger partial charge in [0.05, 0.1) is 12.0 Å². The zero-order valence-corrected chi connectivity index (χ0v) is 16.6. The Morgan fingerprint density at radius 1 is 1.21 bits per heavy atom. The van der Waals surface area contributed by atoms with Crippen LogP contribution in [0.4, 0.5) is 5.82 Å². The molecule has 0 spiro atoms. The Morgan fingerprint density at radius 2 is 1.96 bits per heavy atom. The zero-order valence-electron chi connectivity index (χ0n) is 15.8. The lowest BCUT2D eigenvalue weighted by molar-refractivity contribution is -0.148. The molecule has 3 heterocycles. The lowest BCUT2D eigenvalue weighted by Gasteiger charge is -2.51. The van der Waals surface area contributed by atoms with Crippen molar-refractivity contribution in [1.82, 2.24) is 15.2 Å². The molecule has 2 fully saturated rings. The number of aryl methyl sites for hydroxylation is 1. The minimum atomic E-state index is -0.559. The van der Waals surface area contributed by atoms with Crippen LogP contribution in [0, 0.1) is 12.3 Å². The molecule has 2 aliphatic heterocycles. The average Bonchev–Trinajstić information content (AvgIpc) is 2.65. The molecule has 0 saturated carbocycles. The van der Waals surface area contributed by atoms with Gasteiger partial charge in [0.15, 0.2) is 0 Å². The number of halogens is 1. The normalized spacial score (nSPS) is 18.4. The van der Waals surface area contributed by atoms with E-state index in [9.17, 15) is 9.59 Å². The predicted molar refractivity (Wildman–Crippen MR) is 108 cm³/mol. The van der Waals surface area contributed by atoms with Gasteiger partial charge < -0.3 is 15.1 Å². The van der Waals surface area contributed by atoms with E-state index in [1.807, 2.05) is 49.4 Å². The molecule has 28 heavy (non-hydrogen) atoms. The monoisotopic (exact) mass is 398 g/mol. The number of nitrogens with zero attached hydrogens (tertiary/aromatic N) is 3. The van der Waals surface area contributed by atoms with Crippen LogP contribution in [-0.2, 0) is 16.0 Å². The highest BCUT2D eigenvalue weighted by Gasteiger charge is 2.51. The predicted octanol–water partition coefficient (Wildman–Crippen LogP) is 2.05. The molecule has 1 aromatic carbocycles. The lowest BCUT2D eigenvalue weighted by Crippen LogP contribution is -2.67. The Hall–Kier alpha value is -2.60. The summed E-state index contributed by atoms with van der Waals surface area (Å²) in [6.07, 6.45) is 0.615. The second-order valence-electron chi connectivity index (χ2n) is 7.65. The van der Waals surface area contributed by atoms with Crippen LogP contribution in [0.5, 0.6) is 0 Å². The molecule has 6 nitrogen and oxygen atoms in total. The fraction of sp³-hybridized carbons (Fsp3) is 0.381.